The van der Waals surface area contributed by atoms with Crippen LogP contribution in [0.4, 0.5) is 0 Å². The molecule has 1 amide bonds. The first-order valence-corrected chi connectivity index (χ1v) is 9.41. The summed E-state index contributed by atoms with van der Waals surface area (Å²) in [5.41, 5.74) is 2.99. The quantitative estimate of drug-likeness (QED) is 0.629. The van der Waals surface area contributed by atoms with Gasteiger partial charge in [-0.2, -0.15) is 0 Å². The van der Waals surface area contributed by atoms with Crippen LogP contribution in [-0.4, -0.2) is 19.3 Å². The number of rotatable bonds is 6. The number of para-hydroxylation sites is 1. The van der Waals surface area contributed by atoms with E-state index in [9.17, 15) is 13.2 Å². The van der Waals surface area contributed by atoms with Crippen LogP contribution < -0.4 is 10.5 Å². The molecule has 0 aliphatic heterocycles. The van der Waals surface area contributed by atoms with E-state index in [0.717, 1.165) is 22.0 Å². The lowest BCUT2D eigenvalue weighted by atomic mass is 10.1. The number of fused-ring (bicyclic) bond motifs is 1. The first-order valence-electron chi connectivity index (χ1n) is 7.87. The second-order valence-corrected chi connectivity index (χ2v) is 7.39. The number of primary sulfonamides is 1. The minimum Gasteiger partial charge on any atom is -0.361 e. The molecule has 4 N–H and O–H groups in total. The molecule has 0 unspecified atom stereocenters. The van der Waals surface area contributed by atoms with Crippen LogP contribution in [0.25, 0.3) is 10.9 Å². The Bertz CT molecular complexity index is 992. The van der Waals surface area contributed by atoms with Gasteiger partial charge in [0.2, 0.25) is 15.9 Å². The van der Waals surface area contributed by atoms with Gasteiger partial charge in [0.05, 0.1) is 4.90 Å². The Balaban J connectivity index is 1.53. The molecule has 0 atom stereocenters. The molecule has 3 aromatic rings. The summed E-state index contributed by atoms with van der Waals surface area (Å²) in [6.45, 7) is 0.345. The van der Waals surface area contributed by atoms with Gasteiger partial charge in [0.15, 0.2) is 0 Å². The first-order chi connectivity index (χ1) is 11.9. The molecule has 1 heterocycles. The van der Waals surface area contributed by atoms with E-state index < -0.39 is 10.0 Å². The number of nitrogens with one attached hydrogen (secondary N) is 2. The van der Waals surface area contributed by atoms with E-state index in [4.69, 9.17) is 5.14 Å². The monoisotopic (exact) mass is 357 g/mol. The number of benzene rings is 2. The lowest BCUT2D eigenvalue weighted by Gasteiger charge is -2.06. The lowest BCUT2D eigenvalue weighted by molar-refractivity contribution is -0.121. The molecule has 0 spiro atoms. The summed E-state index contributed by atoms with van der Waals surface area (Å²) in [6.07, 6.45) is 2.97. The topological polar surface area (TPSA) is 105 Å². The van der Waals surface area contributed by atoms with Gasteiger partial charge in [-0.1, -0.05) is 30.3 Å². The zero-order valence-electron chi connectivity index (χ0n) is 13.5. The molecule has 2 aromatic carbocycles. The summed E-state index contributed by atoms with van der Waals surface area (Å²) in [5.74, 6) is -0.0548. The maximum Gasteiger partial charge on any atom is 0.238 e. The molecular formula is C18H19N3O3S. The van der Waals surface area contributed by atoms with Gasteiger partial charge in [-0.05, 0) is 35.7 Å². The zero-order chi connectivity index (χ0) is 17.9. The fraction of sp³-hybridized carbons (Fsp3) is 0.167. The molecule has 0 aliphatic carbocycles. The number of aromatic amines is 1. The van der Waals surface area contributed by atoms with Crippen LogP contribution in [0.15, 0.2) is 59.6 Å². The summed E-state index contributed by atoms with van der Waals surface area (Å²) in [6, 6.07) is 14.1. The van der Waals surface area contributed by atoms with Gasteiger partial charge in [-0.15, -0.1) is 0 Å². The molecule has 0 bridgehead atoms. The van der Waals surface area contributed by atoms with Crippen molar-refractivity contribution in [1.29, 1.82) is 0 Å². The maximum atomic E-state index is 12.0. The molecular weight excluding hydrogens is 338 g/mol. The Morgan fingerprint density at radius 3 is 2.52 bits per heavy atom. The van der Waals surface area contributed by atoms with Crippen molar-refractivity contribution in [2.75, 3.05) is 0 Å². The largest absolute Gasteiger partial charge is 0.361 e. The van der Waals surface area contributed by atoms with Crippen LogP contribution >= 0.6 is 0 Å². The minimum absolute atomic E-state index is 0.0548. The number of carbonyl (C=O) groups excluding carboxylic acids is 1. The van der Waals surface area contributed by atoms with E-state index in [0.29, 0.717) is 19.4 Å². The van der Waals surface area contributed by atoms with Crippen molar-refractivity contribution in [3.63, 3.8) is 0 Å². The average Bonchev–Trinajstić information content (AvgIpc) is 3.01. The zero-order valence-corrected chi connectivity index (χ0v) is 14.3. The van der Waals surface area contributed by atoms with Crippen LogP contribution in [0, 0.1) is 0 Å². The number of sulfonamides is 1. The predicted molar refractivity (Wildman–Crippen MR) is 96.3 cm³/mol. The molecule has 25 heavy (non-hydrogen) atoms. The van der Waals surface area contributed by atoms with E-state index in [2.05, 4.69) is 10.3 Å². The van der Waals surface area contributed by atoms with Crippen LogP contribution in [0.3, 0.4) is 0 Å². The number of H-pyrrole nitrogens is 1. The third-order valence-corrected chi connectivity index (χ3v) is 4.97. The summed E-state index contributed by atoms with van der Waals surface area (Å²) in [7, 11) is -3.69. The van der Waals surface area contributed by atoms with E-state index in [1.54, 1.807) is 12.1 Å². The van der Waals surface area contributed by atoms with Crippen molar-refractivity contribution in [3.8, 4) is 0 Å². The summed E-state index contributed by atoms with van der Waals surface area (Å²) >= 11 is 0. The number of aromatic nitrogens is 1. The van der Waals surface area contributed by atoms with Gasteiger partial charge in [0.25, 0.3) is 0 Å². The average molecular weight is 357 g/mol. The van der Waals surface area contributed by atoms with E-state index in [1.807, 2.05) is 30.5 Å². The molecule has 0 radical (unpaired) electrons. The van der Waals surface area contributed by atoms with Crippen molar-refractivity contribution in [1.82, 2.24) is 10.3 Å². The summed E-state index contributed by atoms with van der Waals surface area (Å²) in [5, 5.41) is 9.03. The molecule has 1 aromatic heterocycles. The van der Waals surface area contributed by atoms with Crippen LogP contribution in [0.5, 0.6) is 0 Å². The minimum atomic E-state index is -3.69. The number of hydrogen-bond donors (Lipinski definition) is 3. The molecule has 3 rings (SSSR count). The Morgan fingerprint density at radius 2 is 1.80 bits per heavy atom. The van der Waals surface area contributed by atoms with Crippen molar-refractivity contribution >= 4 is 26.8 Å². The van der Waals surface area contributed by atoms with E-state index in [1.165, 1.54) is 12.1 Å². The van der Waals surface area contributed by atoms with E-state index in [-0.39, 0.29) is 10.8 Å². The van der Waals surface area contributed by atoms with Gasteiger partial charge in [0.1, 0.15) is 0 Å². The number of carbonyl (C=O) groups is 1. The maximum absolute atomic E-state index is 12.0. The predicted octanol–water partition coefficient (Wildman–Crippen LogP) is 2.06. The molecule has 0 saturated carbocycles. The standard InChI is InChI=1S/C18H19N3O3S/c19-25(23,24)15-8-5-13(6-9-15)11-21-18(22)10-7-14-12-20-17-4-2-1-3-16(14)17/h1-6,8-9,12,20H,7,10-11H2,(H,21,22)(H2,19,23,24). The smallest absolute Gasteiger partial charge is 0.238 e. The Labute approximate surface area is 146 Å². The number of amides is 1. The SMILES string of the molecule is NS(=O)(=O)c1ccc(CNC(=O)CCc2c[nH]c3ccccc23)cc1. The van der Waals surface area contributed by atoms with Crippen LogP contribution in [0.2, 0.25) is 0 Å². The highest BCUT2D eigenvalue weighted by Gasteiger charge is 2.08. The van der Waals surface area contributed by atoms with Gasteiger partial charge in [-0.25, -0.2) is 13.6 Å². The normalized spacial score (nSPS) is 11.6. The highest BCUT2D eigenvalue weighted by molar-refractivity contribution is 7.89. The number of hydrogen-bond acceptors (Lipinski definition) is 3. The molecule has 6 nitrogen and oxygen atoms in total. The fourth-order valence-electron chi connectivity index (χ4n) is 2.67. The van der Waals surface area contributed by atoms with Crippen LogP contribution in [-0.2, 0) is 27.8 Å². The lowest BCUT2D eigenvalue weighted by Crippen LogP contribution is -2.23. The Hall–Kier alpha value is -2.64. The van der Waals surface area contributed by atoms with Gasteiger partial charge < -0.3 is 10.3 Å². The third kappa shape index (κ3) is 4.26. The molecule has 0 fully saturated rings. The summed E-state index contributed by atoms with van der Waals surface area (Å²) in [4.78, 5) is 15.3. The van der Waals surface area contributed by atoms with Crippen molar-refractivity contribution in [3.05, 3.63) is 65.9 Å². The second-order valence-electron chi connectivity index (χ2n) is 5.83. The number of aryl methyl sites for hydroxylation is 1. The third-order valence-electron chi connectivity index (χ3n) is 4.04. The fourth-order valence-corrected chi connectivity index (χ4v) is 3.19. The van der Waals surface area contributed by atoms with Crippen molar-refractivity contribution in [2.45, 2.75) is 24.3 Å². The highest BCUT2D eigenvalue weighted by atomic mass is 32.2. The van der Waals surface area contributed by atoms with Crippen LogP contribution in [0.1, 0.15) is 17.5 Å². The van der Waals surface area contributed by atoms with Gasteiger partial charge in [0, 0.05) is 30.1 Å². The molecule has 0 aliphatic rings. The molecule has 0 saturated heterocycles. The molecule has 7 heteroatoms. The van der Waals surface area contributed by atoms with E-state index >= 15 is 0 Å². The van der Waals surface area contributed by atoms with Crippen molar-refractivity contribution < 1.29 is 13.2 Å². The van der Waals surface area contributed by atoms with Gasteiger partial charge in [-0.3, -0.25) is 4.79 Å². The first kappa shape index (κ1) is 17.2. The summed E-state index contributed by atoms with van der Waals surface area (Å²) < 4.78 is 22.4. The van der Waals surface area contributed by atoms with Crippen molar-refractivity contribution in [2.24, 2.45) is 5.14 Å². The number of nitrogens with two attached hydrogens (primary N) is 1. The van der Waals surface area contributed by atoms with Gasteiger partial charge >= 0.3 is 0 Å². The Morgan fingerprint density at radius 1 is 1.08 bits per heavy atom. The highest BCUT2D eigenvalue weighted by Crippen LogP contribution is 2.18. The Kier molecular flexibility index (Phi) is 4.87. The molecule has 130 valence electrons. The second kappa shape index (κ2) is 7.08.